The molecule has 0 spiro atoms. The van der Waals surface area contributed by atoms with E-state index in [9.17, 15) is 18.4 Å². The van der Waals surface area contributed by atoms with Crippen LogP contribution in [-0.2, 0) is 6.54 Å². The summed E-state index contributed by atoms with van der Waals surface area (Å²) < 4.78 is 36.8. The van der Waals surface area contributed by atoms with Crippen molar-refractivity contribution in [1.82, 2.24) is 14.2 Å². The number of halogens is 4. The van der Waals surface area contributed by atoms with Crippen LogP contribution in [0.5, 0.6) is 5.75 Å². The van der Waals surface area contributed by atoms with Crippen LogP contribution >= 0.6 is 34.7 Å². The minimum Gasteiger partial charge on any atom is -0.496 e. The van der Waals surface area contributed by atoms with Gasteiger partial charge in [-0.25, -0.2) is 13.2 Å². The van der Waals surface area contributed by atoms with E-state index in [0.29, 0.717) is 24.2 Å². The van der Waals surface area contributed by atoms with Gasteiger partial charge in [-0.05, 0) is 85.0 Å². The van der Waals surface area contributed by atoms with Crippen molar-refractivity contribution < 1.29 is 23.1 Å². The van der Waals surface area contributed by atoms with Crippen LogP contribution in [-0.4, -0.2) is 66.4 Å². The van der Waals surface area contributed by atoms with E-state index in [4.69, 9.17) is 28.1 Å². The summed E-state index contributed by atoms with van der Waals surface area (Å²) in [5.74, 6) is -1.18. The maximum atomic E-state index is 14.7. The molecule has 1 aromatic heterocycles. The molecule has 0 saturated heterocycles. The summed E-state index contributed by atoms with van der Waals surface area (Å²) in [6.45, 7) is 0.189. The van der Waals surface area contributed by atoms with E-state index < -0.39 is 17.5 Å². The lowest BCUT2D eigenvalue weighted by Gasteiger charge is -2.38. The first-order chi connectivity index (χ1) is 21.0. The molecule has 0 unspecified atom stereocenters. The highest BCUT2D eigenvalue weighted by molar-refractivity contribution is 7.21. The Balaban J connectivity index is 1.53. The standard InChI is InChI=1S/C33H33Cl2F2N3O3S/c1-38(2)32(41)20-7-5-19(6-8-20)21-9-16-27(43-4)22(17-21)18-40(24-12-10-23(11-13-24)39(3)35)33(42)31-29(34)28-25(36)14-15-26(37)30(28)44-31/h5-9,14-17,23-24H,10-13,18H2,1-4H3/t23-,24-. The lowest BCUT2D eigenvalue weighted by Crippen LogP contribution is -2.44. The number of fused-ring (bicyclic) bond motifs is 1. The van der Waals surface area contributed by atoms with E-state index >= 15 is 0 Å². The summed E-state index contributed by atoms with van der Waals surface area (Å²) in [7, 11) is 6.81. The number of carbonyl (C=O) groups is 2. The van der Waals surface area contributed by atoms with Crippen LogP contribution in [0.1, 0.15) is 51.3 Å². The second-order valence-corrected chi connectivity index (χ2v) is 13.1. The predicted octanol–water partition coefficient (Wildman–Crippen LogP) is 8.25. The fourth-order valence-corrected chi connectivity index (χ4v) is 7.49. The molecule has 5 rings (SSSR count). The SMILES string of the molecule is COc1ccc(-c2ccc(C(=O)N(C)C)cc2)cc1CN(C(=O)c1sc2c(F)ccc(F)c2c1Cl)[C@H]1CC[C@H](N(C)Cl)CC1. The molecule has 0 atom stereocenters. The van der Waals surface area contributed by atoms with Gasteiger partial charge in [0.1, 0.15) is 22.3 Å². The number of methoxy groups -OCH3 is 1. The number of nitrogens with zero attached hydrogens (tertiary/aromatic N) is 3. The normalized spacial score (nSPS) is 16.8. The van der Waals surface area contributed by atoms with Crippen molar-refractivity contribution in [1.29, 1.82) is 0 Å². The van der Waals surface area contributed by atoms with Crippen LogP contribution in [0, 0.1) is 11.6 Å². The molecule has 0 bridgehead atoms. The fourth-order valence-electron chi connectivity index (χ4n) is 5.79. The molecule has 0 radical (unpaired) electrons. The van der Waals surface area contributed by atoms with Crippen LogP contribution in [0.2, 0.25) is 5.02 Å². The Bertz CT molecular complexity index is 1690. The summed E-state index contributed by atoms with van der Waals surface area (Å²) in [5, 5.41) is -0.164. The van der Waals surface area contributed by atoms with Gasteiger partial charge in [-0.3, -0.25) is 9.59 Å². The zero-order valence-corrected chi connectivity index (χ0v) is 27.2. The topological polar surface area (TPSA) is 53.1 Å². The minimum atomic E-state index is -0.674. The summed E-state index contributed by atoms with van der Waals surface area (Å²) in [5.41, 5.74) is 3.12. The monoisotopic (exact) mass is 659 g/mol. The van der Waals surface area contributed by atoms with Crippen molar-refractivity contribution in [2.45, 2.75) is 44.3 Å². The zero-order chi connectivity index (χ0) is 31.7. The Hall–Kier alpha value is -3.24. The van der Waals surface area contributed by atoms with Crippen molar-refractivity contribution in [3.8, 4) is 16.9 Å². The van der Waals surface area contributed by atoms with Gasteiger partial charge in [-0.15, -0.1) is 11.3 Å². The average molecular weight is 661 g/mol. The fraction of sp³-hybridized carbons (Fsp3) is 0.333. The summed E-state index contributed by atoms with van der Waals surface area (Å²) in [4.78, 5) is 30.0. The van der Waals surface area contributed by atoms with Crippen LogP contribution in [0.15, 0.2) is 54.6 Å². The van der Waals surface area contributed by atoms with Crippen LogP contribution in [0.25, 0.3) is 21.2 Å². The van der Waals surface area contributed by atoms with E-state index in [1.807, 2.05) is 37.4 Å². The molecule has 44 heavy (non-hydrogen) atoms. The maximum absolute atomic E-state index is 14.7. The lowest BCUT2D eigenvalue weighted by molar-refractivity contribution is 0.0589. The molecule has 3 aromatic carbocycles. The maximum Gasteiger partial charge on any atom is 0.266 e. The summed E-state index contributed by atoms with van der Waals surface area (Å²) in [6.07, 6.45) is 2.96. The molecule has 232 valence electrons. The van der Waals surface area contributed by atoms with Gasteiger partial charge in [0.25, 0.3) is 11.8 Å². The Kier molecular flexibility index (Phi) is 9.80. The smallest absolute Gasteiger partial charge is 0.266 e. The van der Waals surface area contributed by atoms with Crippen LogP contribution < -0.4 is 4.74 Å². The average Bonchev–Trinajstić information content (AvgIpc) is 3.39. The molecule has 6 nitrogen and oxygen atoms in total. The highest BCUT2D eigenvalue weighted by Gasteiger charge is 2.34. The Morgan fingerprint density at radius 1 is 0.886 bits per heavy atom. The number of thiophene rings is 1. The molecule has 0 N–H and O–H groups in total. The van der Waals surface area contributed by atoms with Crippen molar-refractivity contribution >= 4 is 56.6 Å². The third-order valence-electron chi connectivity index (χ3n) is 8.24. The van der Waals surface area contributed by atoms with Gasteiger partial charge >= 0.3 is 0 Å². The summed E-state index contributed by atoms with van der Waals surface area (Å²) in [6, 6.07) is 15.2. The van der Waals surface area contributed by atoms with Gasteiger partial charge < -0.3 is 14.5 Å². The highest BCUT2D eigenvalue weighted by Crippen LogP contribution is 2.41. The van der Waals surface area contributed by atoms with E-state index in [2.05, 4.69) is 0 Å². The minimum absolute atomic E-state index is 0.0153. The Morgan fingerprint density at radius 2 is 1.50 bits per heavy atom. The molecular formula is C33H33Cl2F2N3O3S. The first-order valence-electron chi connectivity index (χ1n) is 14.2. The van der Waals surface area contributed by atoms with Gasteiger partial charge in [-0.1, -0.05) is 29.8 Å². The molecular weight excluding hydrogens is 627 g/mol. The van der Waals surface area contributed by atoms with E-state index in [1.54, 1.807) is 42.7 Å². The molecule has 0 aliphatic heterocycles. The number of benzene rings is 3. The number of rotatable bonds is 8. The largest absolute Gasteiger partial charge is 0.496 e. The molecule has 1 fully saturated rings. The molecule has 2 amide bonds. The van der Waals surface area contributed by atoms with Crippen molar-refractivity contribution in [2.75, 3.05) is 28.3 Å². The zero-order valence-electron chi connectivity index (χ0n) is 24.9. The molecule has 4 aromatic rings. The van der Waals surface area contributed by atoms with E-state index in [1.165, 1.54) is 4.90 Å². The molecule has 1 aliphatic carbocycles. The number of ether oxygens (including phenoxy) is 1. The number of amides is 2. The third-order valence-corrected chi connectivity index (χ3v) is 10.2. The van der Waals surface area contributed by atoms with Crippen LogP contribution in [0.4, 0.5) is 8.78 Å². The number of hydrogen-bond donors (Lipinski definition) is 0. The second-order valence-electron chi connectivity index (χ2n) is 11.2. The van der Waals surface area contributed by atoms with Gasteiger partial charge in [0.05, 0.1) is 22.2 Å². The molecule has 1 heterocycles. The van der Waals surface area contributed by atoms with Gasteiger partial charge in [0, 0.05) is 50.9 Å². The summed E-state index contributed by atoms with van der Waals surface area (Å²) >= 11 is 13.7. The number of carbonyl (C=O) groups excluding carboxylic acids is 2. The number of hydrogen-bond acceptors (Lipinski definition) is 5. The molecule has 1 aliphatic rings. The first kappa shape index (κ1) is 32.2. The van der Waals surface area contributed by atoms with Crippen molar-refractivity contribution in [3.05, 3.63) is 87.3 Å². The van der Waals surface area contributed by atoms with Crippen molar-refractivity contribution in [2.24, 2.45) is 0 Å². The molecule has 1 saturated carbocycles. The third kappa shape index (κ3) is 6.42. The Labute approximate surface area is 269 Å². The van der Waals surface area contributed by atoms with Gasteiger partial charge in [0.2, 0.25) is 0 Å². The first-order valence-corrected chi connectivity index (χ1v) is 15.8. The Morgan fingerprint density at radius 3 is 2.09 bits per heavy atom. The predicted molar refractivity (Wildman–Crippen MR) is 173 cm³/mol. The van der Waals surface area contributed by atoms with Gasteiger partial charge in [0.15, 0.2) is 0 Å². The highest BCUT2D eigenvalue weighted by atomic mass is 35.5. The quantitative estimate of drug-likeness (QED) is 0.179. The van der Waals surface area contributed by atoms with Gasteiger partial charge in [-0.2, -0.15) is 0 Å². The van der Waals surface area contributed by atoms with E-state index in [-0.39, 0.29) is 44.5 Å². The lowest BCUT2D eigenvalue weighted by atomic mass is 9.89. The van der Waals surface area contributed by atoms with E-state index in [0.717, 1.165) is 53.0 Å². The van der Waals surface area contributed by atoms with Crippen LogP contribution in [0.3, 0.4) is 0 Å². The van der Waals surface area contributed by atoms with Crippen molar-refractivity contribution in [3.63, 3.8) is 0 Å². The second kappa shape index (κ2) is 13.4. The molecule has 11 heteroatoms.